The third-order valence-corrected chi connectivity index (χ3v) is 5.66. The van der Waals surface area contributed by atoms with E-state index in [0.29, 0.717) is 26.2 Å². The molecular formula is C21H29N3O3. The van der Waals surface area contributed by atoms with Gasteiger partial charge in [-0.3, -0.25) is 14.4 Å². The normalized spacial score (nSPS) is 22.0. The average molecular weight is 371 g/mol. The fourth-order valence-electron chi connectivity index (χ4n) is 4.04. The molecule has 2 atom stereocenters. The van der Waals surface area contributed by atoms with Crippen molar-refractivity contribution in [2.75, 3.05) is 19.6 Å². The van der Waals surface area contributed by atoms with Crippen LogP contribution in [0.25, 0.3) is 0 Å². The molecule has 6 nitrogen and oxygen atoms in total. The van der Waals surface area contributed by atoms with Crippen molar-refractivity contribution in [3.05, 3.63) is 45.9 Å². The Morgan fingerprint density at radius 1 is 1.19 bits per heavy atom. The number of nitrogens with zero attached hydrogens (tertiary/aromatic N) is 3. The van der Waals surface area contributed by atoms with E-state index in [9.17, 15) is 14.4 Å². The molecule has 2 amide bonds. The minimum atomic E-state index is -0.0977. The number of rotatable bonds is 5. The van der Waals surface area contributed by atoms with Gasteiger partial charge in [0, 0.05) is 50.4 Å². The van der Waals surface area contributed by atoms with Crippen LogP contribution in [0.1, 0.15) is 38.8 Å². The Hall–Kier alpha value is -2.37. The topological polar surface area (TPSA) is 62.6 Å². The standard InChI is InChI=1S/C21H29N3O3/c1-15(2)9-11-24-18-8-7-17(21(24)27)13-22(14-18)19(25)10-12-23-16(3)5-4-6-20(23)26/h4-6,9,17-18H,7-8,10-14H2,1-3H3/t17-,18+/m0/s1. The number of hydrogen-bond donors (Lipinski definition) is 0. The van der Waals surface area contributed by atoms with Gasteiger partial charge in [-0.15, -0.1) is 0 Å². The van der Waals surface area contributed by atoms with E-state index in [4.69, 9.17) is 0 Å². The quantitative estimate of drug-likeness (QED) is 0.744. The molecule has 0 spiro atoms. The second kappa shape index (κ2) is 8.11. The molecule has 27 heavy (non-hydrogen) atoms. The fraction of sp³-hybridized carbons (Fsp3) is 0.571. The van der Waals surface area contributed by atoms with Crippen molar-refractivity contribution in [1.82, 2.24) is 14.4 Å². The van der Waals surface area contributed by atoms with Gasteiger partial charge in [0.05, 0.1) is 5.92 Å². The molecule has 146 valence electrons. The van der Waals surface area contributed by atoms with Crippen LogP contribution in [0, 0.1) is 12.8 Å². The Kier molecular flexibility index (Phi) is 5.82. The number of aryl methyl sites for hydroxylation is 1. The van der Waals surface area contributed by atoms with Gasteiger partial charge >= 0.3 is 0 Å². The lowest BCUT2D eigenvalue weighted by Crippen LogP contribution is -2.48. The van der Waals surface area contributed by atoms with Crippen molar-refractivity contribution in [3.63, 3.8) is 0 Å². The Balaban J connectivity index is 1.67. The number of piperidine rings is 1. The molecule has 0 aromatic carbocycles. The Labute approximate surface area is 160 Å². The van der Waals surface area contributed by atoms with Gasteiger partial charge in [-0.2, -0.15) is 0 Å². The lowest BCUT2D eigenvalue weighted by molar-refractivity contribution is -0.139. The zero-order valence-electron chi connectivity index (χ0n) is 16.5. The van der Waals surface area contributed by atoms with Crippen LogP contribution in [-0.2, 0) is 16.1 Å². The minimum absolute atomic E-state index is 0.0268. The van der Waals surface area contributed by atoms with E-state index in [0.717, 1.165) is 18.5 Å². The minimum Gasteiger partial charge on any atom is -0.340 e. The Bertz CT molecular complexity index is 807. The monoisotopic (exact) mass is 371 g/mol. The summed E-state index contributed by atoms with van der Waals surface area (Å²) in [4.78, 5) is 41.4. The van der Waals surface area contributed by atoms with Crippen LogP contribution < -0.4 is 5.56 Å². The van der Waals surface area contributed by atoms with E-state index in [1.807, 2.05) is 36.6 Å². The first-order chi connectivity index (χ1) is 12.9. The van der Waals surface area contributed by atoms with E-state index in [-0.39, 0.29) is 35.8 Å². The number of carbonyl (C=O) groups is 2. The van der Waals surface area contributed by atoms with Gasteiger partial charge in [-0.05, 0) is 39.7 Å². The molecule has 0 saturated carbocycles. The van der Waals surface area contributed by atoms with Crippen LogP contribution >= 0.6 is 0 Å². The largest absolute Gasteiger partial charge is 0.340 e. The lowest BCUT2D eigenvalue weighted by Gasteiger charge is -2.35. The first-order valence-electron chi connectivity index (χ1n) is 9.75. The molecule has 3 fully saturated rings. The second-order valence-corrected chi connectivity index (χ2v) is 7.91. The highest BCUT2D eigenvalue weighted by Crippen LogP contribution is 2.29. The highest BCUT2D eigenvalue weighted by molar-refractivity contribution is 5.83. The zero-order chi connectivity index (χ0) is 19.6. The van der Waals surface area contributed by atoms with Crippen LogP contribution in [0.4, 0.5) is 0 Å². The lowest BCUT2D eigenvalue weighted by atomic mass is 9.94. The third-order valence-electron chi connectivity index (χ3n) is 5.66. The predicted molar refractivity (Wildman–Crippen MR) is 104 cm³/mol. The second-order valence-electron chi connectivity index (χ2n) is 7.91. The molecule has 2 bridgehead atoms. The van der Waals surface area contributed by atoms with E-state index in [1.165, 1.54) is 11.6 Å². The van der Waals surface area contributed by atoms with Gasteiger partial charge in [0.1, 0.15) is 0 Å². The summed E-state index contributed by atoms with van der Waals surface area (Å²) in [6.45, 7) is 8.04. The summed E-state index contributed by atoms with van der Waals surface area (Å²) < 4.78 is 1.64. The number of hydrogen-bond acceptors (Lipinski definition) is 3. The van der Waals surface area contributed by atoms with Gasteiger partial charge in [0.25, 0.3) is 5.56 Å². The number of amides is 2. The van der Waals surface area contributed by atoms with Crippen molar-refractivity contribution in [3.8, 4) is 0 Å². The SMILES string of the molecule is CC(C)=CCN1C(=O)[C@H]2CC[C@@H]1CN(C(=O)CCn1c(C)cccc1=O)C2. The zero-order valence-corrected chi connectivity index (χ0v) is 16.5. The molecule has 3 aliphatic heterocycles. The van der Waals surface area contributed by atoms with Gasteiger partial charge in [0.2, 0.25) is 11.8 Å². The van der Waals surface area contributed by atoms with Crippen LogP contribution in [0.3, 0.4) is 0 Å². The number of allylic oxidation sites excluding steroid dienone is 1. The number of aromatic nitrogens is 1. The van der Waals surface area contributed by atoms with Crippen molar-refractivity contribution in [2.45, 2.75) is 52.6 Å². The van der Waals surface area contributed by atoms with Crippen molar-refractivity contribution < 1.29 is 9.59 Å². The number of fused-ring (bicyclic) bond motifs is 4. The van der Waals surface area contributed by atoms with Gasteiger partial charge in [-0.25, -0.2) is 0 Å². The molecule has 0 N–H and O–H groups in total. The highest BCUT2D eigenvalue weighted by atomic mass is 16.2. The first kappa shape index (κ1) is 19.4. The maximum atomic E-state index is 12.8. The van der Waals surface area contributed by atoms with Crippen LogP contribution in [0.2, 0.25) is 0 Å². The van der Waals surface area contributed by atoms with E-state index in [2.05, 4.69) is 6.08 Å². The van der Waals surface area contributed by atoms with Gasteiger partial charge in [-0.1, -0.05) is 17.7 Å². The fourth-order valence-corrected chi connectivity index (χ4v) is 4.04. The Morgan fingerprint density at radius 2 is 1.96 bits per heavy atom. The molecule has 3 saturated heterocycles. The molecule has 1 aromatic rings. The first-order valence-corrected chi connectivity index (χ1v) is 9.75. The van der Waals surface area contributed by atoms with Gasteiger partial charge in [0.15, 0.2) is 0 Å². The number of pyridine rings is 1. The summed E-state index contributed by atoms with van der Waals surface area (Å²) in [5.74, 6) is 0.104. The molecular weight excluding hydrogens is 342 g/mol. The molecule has 0 radical (unpaired) electrons. The highest BCUT2D eigenvalue weighted by Gasteiger charge is 2.41. The van der Waals surface area contributed by atoms with Crippen LogP contribution in [-0.4, -0.2) is 51.9 Å². The molecule has 3 aliphatic rings. The predicted octanol–water partition coefficient (Wildman–Crippen LogP) is 1.96. The summed E-state index contributed by atoms with van der Waals surface area (Å²) in [6.07, 6.45) is 4.17. The molecule has 1 aromatic heterocycles. The molecule has 0 aliphatic carbocycles. The summed E-state index contributed by atoms with van der Waals surface area (Å²) in [7, 11) is 0. The smallest absolute Gasteiger partial charge is 0.250 e. The van der Waals surface area contributed by atoms with Crippen molar-refractivity contribution in [2.24, 2.45) is 5.92 Å². The summed E-state index contributed by atoms with van der Waals surface area (Å²) >= 11 is 0. The maximum absolute atomic E-state index is 12.8. The molecule has 4 rings (SSSR count). The summed E-state index contributed by atoms with van der Waals surface area (Å²) in [6, 6.07) is 5.22. The van der Waals surface area contributed by atoms with Gasteiger partial charge < -0.3 is 14.4 Å². The summed E-state index contributed by atoms with van der Waals surface area (Å²) in [5.41, 5.74) is 1.97. The molecule has 0 unspecified atom stereocenters. The van der Waals surface area contributed by atoms with Crippen LogP contribution in [0.15, 0.2) is 34.6 Å². The molecule has 4 heterocycles. The van der Waals surface area contributed by atoms with E-state index < -0.39 is 0 Å². The van der Waals surface area contributed by atoms with Crippen molar-refractivity contribution in [1.29, 1.82) is 0 Å². The average Bonchev–Trinajstić information content (AvgIpc) is 2.90. The third kappa shape index (κ3) is 4.31. The Morgan fingerprint density at radius 3 is 2.67 bits per heavy atom. The number of carbonyl (C=O) groups excluding carboxylic acids is 2. The maximum Gasteiger partial charge on any atom is 0.250 e. The van der Waals surface area contributed by atoms with Crippen LogP contribution in [0.5, 0.6) is 0 Å². The van der Waals surface area contributed by atoms with E-state index >= 15 is 0 Å². The molecule has 6 heteroatoms. The van der Waals surface area contributed by atoms with Crippen molar-refractivity contribution >= 4 is 11.8 Å². The summed E-state index contributed by atoms with van der Waals surface area (Å²) in [5, 5.41) is 0. The van der Waals surface area contributed by atoms with E-state index in [1.54, 1.807) is 10.6 Å².